The molecule has 0 spiro atoms. The summed E-state index contributed by atoms with van der Waals surface area (Å²) in [7, 11) is 3.12. The molecule has 0 saturated carbocycles. The first-order valence-corrected chi connectivity index (χ1v) is 10.6. The zero-order valence-corrected chi connectivity index (χ0v) is 17.8. The van der Waals surface area contributed by atoms with Gasteiger partial charge < -0.3 is 19.5 Å². The molecular formula is C22H29NO4S. The molecule has 3 unspecified atom stereocenters. The molecule has 2 aromatic rings. The van der Waals surface area contributed by atoms with Gasteiger partial charge in [0.1, 0.15) is 17.2 Å². The monoisotopic (exact) mass is 403 g/mol. The van der Waals surface area contributed by atoms with Crippen molar-refractivity contribution in [2.45, 2.75) is 32.6 Å². The number of amides is 1. The highest BCUT2D eigenvalue weighted by Gasteiger charge is 2.31. The van der Waals surface area contributed by atoms with Gasteiger partial charge in [0.2, 0.25) is 5.91 Å². The first kappa shape index (κ1) is 20.5. The van der Waals surface area contributed by atoms with Gasteiger partial charge in [0.25, 0.3) is 0 Å². The van der Waals surface area contributed by atoms with Crippen molar-refractivity contribution < 1.29 is 19.4 Å². The van der Waals surface area contributed by atoms with E-state index in [1.807, 2.05) is 22.4 Å². The standard InChI is InChI=1S/C22H29NO4S/c1-14-8-15(2)13-23(12-14)21(25)11-17(20-6-5-7-28-20)22-18(24)9-16(26-3)10-19(22)27-4/h5-7,9-10,14-15,17,24H,8,11-13H2,1-4H3. The number of phenolic OH excluding ortho intramolecular Hbond substituents is 1. The van der Waals surface area contributed by atoms with E-state index in [9.17, 15) is 9.90 Å². The van der Waals surface area contributed by atoms with E-state index in [0.29, 0.717) is 35.3 Å². The van der Waals surface area contributed by atoms with Crippen LogP contribution in [-0.2, 0) is 4.79 Å². The Kier molecular flexibility index (Phi) is 6.50. The average molecular weight is 404 g/mol. The molecule has 1 saturated heterocycles. The van der Waals surface area contributed by atoms with Gasteiger partial charge in [-0.3, -0.25) is 4.79 Å². The van der Waals surface area contributed by atoms with Crippen molar-refractivity contribution in [3.63, 3.8) is 0 Å². The Balaban J connectivity index is 1.94. The molecule has 152 valence electrons. The minimum atomic E-state index is -0.263. The number of rotatable bonds is 6. The zero-order valence-electron chi connectivity index (χ0n) is 17.0. The van der Waals surface area contributed by atoms with Gasteiger partial charge in [0, 0.05) is 48.0 Å². The summed E-state index contributed by atoms with van der Waals surface area (Å²) in [6.45, 7) is 5.99. The summed E-state index contributed by atoms with van der Waals surface area (Å²) < 4.78 is 10.8. The Labute approximate surface area is 170 Å². The lowest BCUT2D eigenvalue weighted by Gasteiger charge is -2.36. The minimum absolute atomic E-state index is 0.0859. The minimum Gasteiger partial charge on any atom is -0.507 e. The van der Waals surface area contributed by atoms with Gasteiger partial charge >= 0.3 is 0 Å². The van der Waals surface area contributed by atoms with Crippen LogP contribution in [0.15, 0.2) is 29.6 Å². The van der Waals surface area contributed by atoms with Crippen molar-refractivity contribution in [1.82, 2.24) is 4.90 Å². The fourth-order valence-electron chi connectivity index (χ4n) is 4.23. The number of carbonyl (C=O) groups is 1. The van der Waals surface area contributed by atoms with Crippen molar-refractivity contribution in [3.8, 4) is 17.2 Å². The number of hydrogen-bond donors (Lipinski definition) is 1. The number of phenols is 1. The van der Waals surface area contributed by atoms with Crippen LogP contribution in [0.25, 0.3) is 0 Å². The number of piperidine rings is 1. The number of carbonyl (C=O) groups excluding carboxylic acids is 1. The van der Waals surface area contributed by atoms with Crippen LogP contribution in [0.2, 0.25) is 0 Å². The number of benzene rings is 1. The number of nitrogens with zero attached hydrogens (tertiary/aromatic N) is 1. The molecule has 1 aromatic heterocycles. The molecule has 2 heterocycles. The molecular weight excluding hydrogens is 374 g/mol. The van der Waals surface area contributed by atoms with Gasteiger partial charge in [0.15, 0.2) is 0 Å². The normalized spacial score (nSPS) is 20.6. The van der Waals surface area contributed by atoms with Gasteiger partial charge in [-0.15, -0.1) is 11.3 Å². The van der Waals surface area contributed by atoms with Crippen molar-refractivity contribution in [2.24, 2.45) is 11.8 Å². The van der Waals surface area contributed by atoms with Gasteiger partial charge in [-0.25, -0.2) is 0 Å². The molecule has 1 fully saturated rings. The Morgan fingerprint density at radius 2 is 1.96 bits per heavy atom. The fraction of sp³-hybridized carbons (Fsp3) is 0.500. The van der Waals surface area contributed by atoms with Gasteiger partial charge in [-0.05, 0) is 29.7 Å². The lowest BCUT2D eigenvalue weighted by Crippen LogP contribution is -2.43. The van der Waals surface area contributed by atoms with Crippen molar-refractivity contribution in [2.75, 3.05) is 27.3 Å². The second-order valence-electron chi connectivity index (χ2n) is 7.78. The third-order valence-electron chi connectivity index (χ3n) is 5.38. The van der Waals surface area contributed by atoms with Crippen molar-refractivity contribution in [1.29, 1.82) is 0 Å². The average Bonchev–Trinajstić information content (AvgIpc) is 3.19. The van der Waals surface area contributed by atoms with Crippen LogP contribution in [0.1, 0.15) is 43.0 Å². The number of likely N-dealkylation sites (tertiary alicyclic amines) is 1. The van der Waals surface area contributed by atoms with Crippen LogP contribution in [0, 0.1) is 11.8 Å². The van der Waals surface area contributed by atoms with E-state index in [1.54, 1.807) is 37.7 Å². The predicted molar refractivity (Wildman–Crippen MR) is 112 cm³/mol. The molecule has 1 amide bonds. The van der Waals surface area contributed by atoms with Crippen molar-refractivity contribution >= 4 is 17.2 Å². The molecule has 0 aliphatic carbocycles. The Morgan fingerprint density at radius 1 is 1.25 bits per heavy atom. The summed E-state index contributed by atoms with van der Waals surface area (Å²) in [5, 5.41) is 12.7. The van der Waals surface area contributed by atoms with E-state index in [1.165, 1.54) is 0 Å². The summed E-state index contributed by atoms with van der Waals surface area (Å²) in [4.78, 5) is 16.2. The molecule has 3 rings (SSSR count). The number of thiophene rings is 1. The molecule has 0 bridgehead atoms. The zero-order chi connectivity index (χ0) is 20.3. The van der Waals surface area contributed by atoms with Gasteiger partial charge in [-0.1, -0.05) is 19.9 Å². The predicted octanol–water partition coefficient (Wildman–Crippen LogP) is 4.50. The summed E-state index contributed by atoms with van der Waals surface area (Å²) in [5.74, 6) is 2.02. The fourth-order valence-corrected chi connectivity index (χ4v) is 5.07. The van der Waals surface area contributed by atoms with Crippen LogP contribution in [-0.4, -0.2) is 43.2 Å². The highest BCUT2D eigenvalue weighted by Crippen LogP contribution is 2.44. The lowest BCUT2D eigenvalue weighted by molar-refractivity contribution is -0.134. The molecule has 1 aromatic carbocycles. The van der Waals surface area contributed by atoms with Gasteiger partial charge in [-0.2, -0.15) is 0 Å². The van der Waals surface area contributed by atoms with E-state index in [4.69, 9.17) is 9.47 Å². The second kappa shape index (κ2) is 8.86. The van der Waals surface area contributed by atoms with Gasteiger partial charge in [0.05, 0.1) is 14.2 Å². The highest BCUT2D eigenvalue weighted by atomic mass is 32.1. The maximum atomic E-state index is 13.2. The van der Waals surface area contributed by atoms with E-state index >= 15 is 0 Å². The number of methoxy groups -OCH3 is 2. The maximum Gasteiger partial charge on any atom is 0.223 e. The van der Waals surface area contributed by atoms with E-state index in [0.717, 1.165) is 24.4 Å². The molecule has 1 aliphatic rings. The molecule has 28 heavy (non-hydrogen) atoms. The Bertz CT molecular complexity index is 795. The van der Waals surface area contributed by atoms with E-state index < -0.39 is 0 Å². The second-order valence-corrected chi connectivity index (χ2v) is 8.76. The topological polar surface area (TPSA) is 59.0 Å². The van der Waals surface area contributed by atoms with E-state index in [-0.39, 0.29) is 17.6 Å². The third-order valence-corrected chi connectivity index (χ3v) is 6.37. The Morgan fingerprint density at radius 3 is 2.54 bits per heavy atom. The van der Waals surface area contributed by atoms with Crippen LogP contribution < -0.4 is 9.47 Å². The summed E-state index contributed by atoms with van der Waals surface area (Å²) in [6, 6.07) is 7.31. The summed E-state index contributed by atoms with van der Waals surface area (Å²) >= 11 is 1.58. The first-order valence-electron chi connectivity index (χ1n) is 9.69. The first-order chi connectivity index (χ1) is 13.4. The summed E-state index contributed by atoms with van der Waals surface area (Å²) in [5.41, 5.74) is 0.636. The number of ether oxygens (including phenoxy) is 2. The molecule has 0 radical (unpaired) electrons. The number of aromatic hydroxyl groups is 1. The number of hydrogen-bond acceptors (Lipinski definition) is 5. The highest BCUT2D eigenvalue weighted by molar-refractivity contribution is 7.10. The maximum absolute atomic E-state index is 13.2. The van der Waals surface area contributed by atoms with E-state index in [2.05, 4.69) is 13.8 Å². The SMILES string of the molecule is COc1cc(O)c(C(CC(=O)N2CC(C)CC(C)C2)c2cccs2)c(OC)c1. The van der Waals surface area contributed by atoms with Crippen LogP contribution >= 0.6 is 11.3 Å². The molecule has 1 N–H and O–H groups in total. The van der Waals surface area contributed by atoms with Crippen LogP contribution in [0.5, 0.6) is 17.2 Å². The van der Waals surface area contributed by atoms with Crippen LogP contribution in [0.3, 0.4) is 0 Å². The quantitative estimate of drug-likeness (QED) is 0.772. The molecule has 6 heteroatoms. The Hall–Kier alpha value is -2.21. The lowest BCUT2D eigenvalue weighted by atomic mass is 9.89. The molecule has 1 aliphatic heterocycles. The smallest absolute Gasteiger partial charge is 0.223 e. The molecule has 3 atom stereocenters. The third kappa shape index (κ3) is 4.43. The van der Waals surface area contributed by atoms with Crippen LogP contribution in [0.4, 0.5) is 0 Å². The molecule has 5 nitrogen and oxygen atoms in total. The summed E-state index contributed by atoms with van der Waals surface area (Å²) in [6.07, 6.45) is 1.46. The largest absolute Gasteiger partial charge is 0.507 e. The van der Waals surface area contributed by atoms with Crippen molar-refractivity contribution in [3.05, 3.63) is 40.1 Å².